The molecule has 1 aromatic carbocycles. The van der Waals surface area contributed by atoms with Gasteiger partial charge in [-0.2, -0.15) is 0 Å². The van der Waals surface area contributed by atoms with Crippen molar-refractivity contribution in [2.45, 2.75) is 25.3 Å². The van der Waals surface area contributed by atoms with E-state index in [1.165, 1.54) is 12.8 Å². The molecule has 0 saturated carbocycles. The van der Waals surface area contributed by atoms with Gasteiger partial charge < -0.3 is 10.6 Å². The molecule has 6 heteroatoms. The Hall–Kier alpha value is -1.59. The molecule has 2 atom stereocenters. The Bertz CT molecular complexity index is 587. The first-order valence-corrected chi connectivity index (χ1v) is 8.55. The third-order valence-electron chi connectivity index (χ3n) is 4.63. The number of hydrogen-bond donors (Lipinski definition) is 2. The predicted molar refractivity (Wildman–Crippen MR) is 89.1 cm³/mol. The van der Waals surface area contributed by atoms with Gasteiger partial charge >= 0.3 is 0 Å². The van der Waals surface area contributed by atoms with Crippen LogP contribution in [0.4, 0.5) is 0 Å². The number of nitrogens with one attached hydrogen (secondary N) is 2. The summed E-state index contributed by atoms with van der Waals surface area (Å²) < 4.78 is 0. The zero-order valence-electron chi connectivity index (χ0n) is 13.1. The molecule has 3 rings (SSSR count). The Kier molecular flexibility index (Phi) is 5.18. The van der Waals surface area contributed by atoms with Gasteiger partial charge in [-0.3, -0.25) is 14.5 Å². The second kappa shape index (κ2) is 7.32. The molecule has 2 N–H and O–H groups in total. The lowest BCUT2D eigenvalue weighted by Crippen LogP contribution is -2.39. The average molecular weight is 336 g/mol. The molecule has 5 nitrogen and oxygen atoms in total. The van der Waals surface area contributed by atoms with Crippen LogP contribution >= 0.6 is 11.6 Å². The fourth-order valence-corrected chi connectivity index (χ4v) is 3.56. The fourth-order valence-electron chi connectivity index (χ4n) is 3.36. The summed E-state index contributed by atoms with van der Waals surface area (Å²) in [5, 5.41) is 6.44. The third-order valence-corrected chi connectivity index (χ3v) is 4.87. The summed E-state index contributed by atoms with van der Waals surface area (Å²) in [5.41, 5.74) is 1.13. The van der Waals surface area contributed by atoms with Gasteiger partial charge in [-0.1, -0.05) is 23.7 Å². The molecule has 2 amide bonds. The van der Waals surface area contributed by atoms with Gasteiger partial charge in [0.2, 0.25) is 11.8 Å². The quantitative estimate of drug-likeness (QED) is 0.861. The lowest BCUT2D eigenvalue weighted by Gasteiger charge is -2.28. The van der Waals surface area contributed by atoms with Crippen molar-refractivity contribution in [3.05, 3.63) is 34.9 Å². The van der Waals surface area contributed by atoms with E-state index in [1.54, 1.807) is 0 Å². The normalized spacial score (nSPS) is 22.8. The van der Waals surface area contributed by atoms with E-state index in [0.717, 1.165) is 18.7 Å². The van der Waals surface area contributed by atoms with Gasteiger partial charge in [0.05, 0.1) is 12.0 Å². The largest absolute Gasteiger partial charge is 0.355 e. The second-order valence-electron chi connectivity index (χ2n) is 6.26. The first-order chi connectivity index (χ1) is 11.1. The van der Waals surface area contributed by atoms with E-state index < -0.39 is 0 Å². The number of hydrogen-bond acceptors (Lipinski definition) is 3. The number of amides is 2. The Labute approximate surface area is 141 Å². The highest BCUT2D eigenvalue weighted by Gasteiger charge is 2.29. The molecule has 2 saturated heterocycles. The Balaban J connectivity index is 1.66. The van der Waals surface area contributed by atoms with Crippen molar-refractivity contribution in [2.75, 3.05) is 26.2 Å². The highest BCUT2D eigenvalue weighted by atomic mass is 35.5. The zero-order chi connectivity index (χ0) is 16.2. The van der Waals surface area contributed by atoms with E-state index >= 15 is 0 Å². The van der Waals surface area contributed by atoms with Crippen LogP contribution in [-0.2, 0) is 9.59 Å². The van der Waals surface area contributed by atoms with Crippen molar-refractivity contribution in [1.82, 2.24) is 15.5 Å². The minimum Gasteiger partial charge on any atom is -0.355 e. The number of rotatable bonds is 5. The number of benzene rings is 1. The number of nitrogens with zero attached hydrogens (tertiary/aromatic N) is 1. The number of carbonyl (C=O) groups excluding carboxylic acids is 2. The summed E-state index contributed by atoms with van der Waals surface area (Å²) in [5.74, 6) is -0.341. The Morgan fingerprint density at radius 2 is 2.17 bits per heavy atom. The summed E-state index contributed by atoms with van der Waals surface area (Å²) in [6.45, 7) is 3.06. The number of halogens is 1. The highest BCUT2D eigenvalue weighted by Crippen LogP contribution is 2.26. The number of likely N-dealkylation sites (tertiary alicyclic amines) is 1. The molecule has 124 valence electrons. The van der Waals surface area contributed by atoms with Gasteiger partial charge in [-0.05, 0) is 43.6 Å². The SMILES string of the molecule is O=C1CC(C(=O)NCC(c2cccc(Cl)c2)N2CCCC2)CN1. The molecule has 0 aromatic heterocycles. The topological polar surface area (TPSA) is 61.4 Å². The third kappa shape index (κ3) is 4.03. The average Bonchev–Trinajstić information content (AvgIpc) is 3.19. The molecule has 2 aliphatic heterocycles. The standard InChI is InChI=1S/C17H22ClN3O2/c18-14-5-3-4-12(8-14)15(21-6-1-2-7-21)11-20-17(23)13-9-16(22)19-10-13/h3-5,8,13,15H,1-2,6-7,9-11H2,(H,19,22)(H,20,23). The second-order valence-corrected chi connectivity index (χ2v) is 6.70. The summed E-state index contributed by atoms with van der Waals surface area (Å²) in [6.07, 6.45) is 2.66. The monoisotopic (exact) mass is 335 g/mol. The fraction of sp³-hybridized carbons (Fsp3) is 0.529. The smallest absolute Gasteiger partial charge is 0.225 e. The summed E-state index contributed by atoms with van der Waals surface area (Å²) >= 11 is 6.13. The number of carbonyl (C=O) groups is 2. The van der Waals surface area contributed by atoms with Crippen molar-refractivity contribution in [3.8, 4) is 0 Å². The lowest BCUT2D eigenvalue weighted by atomic mass is 10.0. The maximum Gasteiger partial charge on any atom is 0.225 e. The van der Waals surface area contributed by atoms with E-state index in [0.29, 0.717) is 18.1 Å². The molecular weight excluding hydrogens is 314 g/mol. The summed E-state index contributed by atoms with van der Waals surface area (Å²) in [6, 6.07) is 7.96. The Morgan fingerprint density at radius 3 is 2.83 bits per heavy atom. The van der Waals surface area contributed by atoms with Crippen LogP contribution in [0.5, 0.6) is 0 Å². The predicted octanol–water partition coefficient (Wildman–Crippen LogP) is 1.73. The van der Waals surface area contributed by atoms with Crippen molar-refractivity contribution >= 4 is 23.4 Å². The van der Waals surface area contributed by atoms with Crippen molar-refractivity contribution < 1.29 is 9.59 Å². The van der Waals surface area contributed by atoms with Crippen LogP contribution in [0.2, 0.25) is 5.02 Å². The van der Waals surface area contributed by atoms with Crippen LogP contribution in [0.15, 0.2) is 24.3 Å². The van der Waals surface area contributed by atoms with Crippen LogP contribution in [0.1, 0.15) is 30.9 Å². The maximum atomic E-state index is 12.3. The molecular formula is C17H22ClN3O2. The molecule has 23 heavy (non-hydrogen) atoms. The molecule has 2 heterocycles. The van der Waals surface area contributed by atoms with Crippen LogP contribution < -0.4 is 10.6 Å². The summed E-state index contributed by atoms with van der Waals surface area (Å²) in [4.78, 5) is 25.9. The van der Waals surface area contributed by atoms with Crippen LogP contribution in [-0.4, -0.2) is 42.9 Å². The van der Waals surface area contributed by atoms with Crippen LogP contribution in [0, 0.1) is 5.92 Å². The van der Waals surface area contributed by atoms with E-state index in [9.17, 15) is 9.59 Å². The molecule has 1 aromatic rings. The van der Waals surface area contributed by atoms with E-state index in [2.05, 4.69) is 21.6 Å². The molecule has 2 fully saturated rings. The van der Waals surface area contributed by atoms with Crippen molar-refractivity contribution in [2.24, 2.45) is 5.92 Å². The van der Waals surface area contributed by atoms with Gasteiger partial charge in [0.15, 0.2) is 0 Å². The molecule has 0 aliphatic carbocycles. The Morgan fingerprint density at radius 1 is 1.39 bits per heavy atom. The first-order valence-electron chi connectivity index (χ1n) is 8.17. The summed E-state index contributed by atoms with van der Waals surface area (Å²) in [7, 11) is 0. The van der Waals surface area contributed by atoms with Crippen molar-refractivity contribution in [3.63, 3.8) is 0 Å². The molecule has 2 unspecified atom stereocenters. The van der Waals surface area contributed by atoms with Gasteiger partial charge in [-0.15, -0.1) is 0 Å². The van der Waals surface area contributed by atoms with Gasteiger partial charge in [0.1, 0.15) is 0 Å². The molecule has 0 radical (unpaired) electrons. The van der Waals surface area contributed by atoms with E-state index in [1.807, 2.05) is 18.2 Å². The van der Waals surface area contributed by atoms with Crippen LogP contribution in [0.25, 0.3) is 0 Å². The minimum atomic E-state index is -0.249. The van der Waals surface area contributed by atoms with Crippen molar-refractivity contribution in [1.29, 1.82) is 0 Å². The highest BCUT2D eigenvalue weighted by molar-refractivity contribution is 6.30. The molecule has 0 bridgehead atoms. The lowest BCUT2D eigenvalue weighted by molar-refractivity contribution is -0.126. The van der Waals surface area contributed by atoms with Crippen LogP contribution in [0.3, 0.4) is 0 Å². The van der Waals surface area contributed by atoms with Gasteiger partial charge in [-0.25, -0.2) is 0 Å². The first kappa shape index (κ1) is 16.3. The maximum absolute atomic E-state index is 12.3. The minimum absolute atomic E-state index is 0.0453. The van der Waals surface area contributed by atoms with E-state index in [-0.39, 0.29) is 30.2 Å². The van der Waals surface area contributed by atoms with E-state index in [4.69, 9.17) is 11.6 Å². The zero-order valence-corrected chi connectivity index (χ0v) is 13.8. The van der Waals surface area contributed by atoms with Gasteiger partial charge in [0.25, 0.3) is 0 Å². The van der Waals surface area contributed by atoms with Gasteiger partial charge in [0, 0.05) is 24.5 Å². The molecule has 2 aliphatic rings. The molecule has 0 spiro atoms.